The summed E-state index contributed by atoms with van der Waals surface area (Å²) >= 11 is 0. The van der Waals surface area contributed by atoms with E-state index in [1.54, 1.807) is 0 Å². The molecule has 0 amide bonds. The van der Waals surface area contributed by atoms with Crippen molar-refractivity contribution in [3.8, 4) is 0 Å². The fourth-order valence-electron chi connectivity index (χ4n) is 0.550. The van der Waals surface area contributed by atoms with E-state index in [1.165, 1.54) is 19.6 Å². The van der Waals surface area contributed by atoms with Crippen LogP contribution in [-0.4, -0.2) is 23.1 Å². The molecule has 0 aromatic rings. The highest BCUT2D eigenvalue weighted by atomic mass is 28.3. The molecule has 0 saturated carbocycles. The molecule has 0 spiro atoms. The largest absolute Gasteiger partial charge is 0.323 e. The topological polar surface area (TPSA) is 89.5 Å². The maximum Gasteiger partial charge on any atom is 0.323 e. The van der Waals surface area contributed by atoms with Gasteiger partial charge in [-0.05, 0) is 19.6 Å². The Bertz CT molecular complexity index is 174. The van der Waals surface area contributed by atoms with Gasteiger partial charge in [-0.15, -0.1) is 0 Å². The lowest BCUT2D eigenvalue weighted by Crippen LogP contribution is -2.52. The molecule has 0 N–H and O–H groups in total. The van der Waals surface area contributed by atoms with Crippen molar-refractivity contribution in [1.29, 1.82) is 0 Å². The van der Waals surface area contributed by atoms with E-state index < -0.39 is 18.3 Å². The van der Waals surface area contributed by atoms with Gasteiger partial charge in [0.05, 0.1) is 0 Å². The summed E-state index contributed by atoms with van der Waals surface area (Å²) in [5.74, 6) is 0. The Balaban J connectivity index is 4.63. The maximum atomic E-state index is 10.1. The fraction of sp³-hybridized carbons (Fsp3) is 1.00. The quantitative estimate of drug-likeness (QED) is 0.357. The van der Waals surface area contributed by atoms with Gasteiger partial charge in [0.25, 0.3) is 0 Å². The molecule has 0 aliphatic rings. The van der Waals surface area contributed by atoms with Crippen LogP contribution in [0.5, 0.6) is 0 Å². The fourth-order valence-corrected chi connectivity index (χ4v) is 1.53. The molecule has 0 aliphatic heterocycles. The smallest absolute Gasteiger partial charge is 0.231 e. The van der Waals surface area contributed by atoms with E-state index in [9.17, 15) is 20.2 Å². The van der Waals surface area contributed by atoms with Gasteiger partial charge in [-0.25, -0.2) is 20.2 Å². The first-order valence-corrected chi connectivity index (χ1v) is 6.30. The van der Waals surface area contributed by atoms with Crippen LogP contribution in [0.1, 0.15) is 0 Å². The average molecular weight is 179 g/mol. The van der Waals surface area contributed by atoms with Crippen LogP contribution in [0.25, 0.3) is 0 Å². The van der Waals surface area contributed by atoms with Crippen LogP contribution in [0.15, 0.2) is 0 Å². The standard InChI is InChI=1S/C3H9N3O4Si/c1-11(2,3)4(5(7)8)6(9)10/h1-3H3. The monoisotopic (exact) mass is 179 g/mol. The van der Waals surface area contributed by atoms with Crippen molar-refractivity contribution >= 4 is 8.24 Å². The number of nitrogens with zero attached hydrogens (tertiary/aromatic N) is 3. The third-order valence-electron chi connectivity index (χ3n) is 0.909. The number of rotatable bonds is 3. The minimum atomic E-state index is -2.48. The summed E-state index contributed by atoms with van der Waals surface area (Å²) in [5.41, 5.74) is 0. The highest BCUT2D eigenvalue weighted by Gasteiger charge is 2.43. The summed E-state index contributed by atoms with van der Waals surface area (Å²) in [4.78, 5) is 20.3. The highest BCUT2D eigenvalue weighted by molar-refractivity contribution is 6.72. The molecule has 0 aromatic carbocycles. The summed E-state index contributed by atoms with van der Waals surface area (Å²) in [6.07, 6.45) is 0. The van der Waals surface area contributed by atoms with E-state index in [1.807, 2.05) is 0 Å². The minimum absolute atomic E-state index is 0.104. The number of hydrogen-bond acceptors (Lipinski definition) is 4. The molecule has 0 unspecified atom stereocenters. The zero-order valence-electron chi connectivity index (χ0n) is 6.47. The lowest BCUT2D eigenvalue weighted by Gasteiger charge is -2.14. The van der Waals surface area contributed by atoms with Gasteiger partial charge in [-0.3, -0.25) is 0 Å². The molecule has 0 aliphatic carbocycles. The van der Waals surface area contributed by atoms with Crippen molar-refractivity contribution in [1.82, 2.24) is 4.78 Å². The Morgan fingerprint density at radius 3 is 1.36 bits per heavy atom. The Morgan fingerprint density at radius 1 is 1.09 bits per heavy atom. The van der Waals surface area contributed by atoms with E-state index in [2.05, 4.69) is 0 Å². The summed E-state index contributed by atoms with van der Waals surface area (Å²) in [6.45, 7) is 4.58. The molecule has 64 valence electrons. The molecule has 8 heteroatoms. The molecule has 0 fully saturated rings. The molecule has 0 bridgehead atoms. The zero-order valence-corrected chi connectivity index (χ0v) is 7.47. The van der Waals surface area contributed by atoms with Crippen molar-refractivity contribution in [2.75, 3.05) is 0 Å². The first-order chi connectivity index (χ1) is 4.76. The summed E-state index contributed by atoms with van der Waals surface area (Å²) < 4.78 is 0. The van der Waals surface area contributed by atoms with E-state index in [4.69, 9.17) is 0 Å². The minimum Gasteiger partial charge on any atom is -0.231 e. The van der Waals surface area contributed by atoms with Gasteiger partial charge >= 0.3 is 8.24 Å². The van der Waals surface area contributed by atoms with Crippen molar-refractivity contribution in [3.05, 3.63) is 20.2 Å². The van der Waals surface area contributed by atoms with Crippen molar-refractivity contribution in [2.24, 2.45) is 0 Å². The van der Waals surface area contributed by atoms with E-state index in [0.29, 0.717) is 0 Å². The van der Waals surface area contributed by atoms with Crippen molar-refractivity contribution in [3.63, 3.8) is 0 Å². The predicted octanol–water partition coefficient (Wildman–Crippen LogP) is 0.507. The third-order valence-corrected chi connectivity index (χ3v) is 2.44. The third kappa shape index (κ3) is 2.49. The highest BCUT2D eigenvalue weighted by Crippen LogP contribution is 2.08. The van der Waals surface area contributed by atoms with Crippen LogP contribution < -0.4 is 0 Å². The first kappa shape index (κ1) is 9.82. The Labute approximate surface area is 63.9 Å². The van der Waals surface area contributed by atoms with Crippen LogP contribution in [0.2, 0.25) is 19.6 Å². The molecule has 0 radical (unpaired) electrons. The van der Waals surface area contributed by atoms with E-state index >= 15 is 0 Å². The van der Waals surface area contributed by atoms with E-state index in [0.717, 1.165) is 0 Å². The number of nitro groups is 2. The SMILES string of the molecule is C[Si](C)(C)N([N+](=O)[O-])[N+](=O)[O-]. The second kappa shape index (κ2) is 2.82. The second-order valence-corrected chi connectivity index (χ2v) is 7.68. The van der Waals surface area contributed by atoms with Gasteiger partial charge in [-0.1, -0.05) is 0 Å². The van der Waals surface area contributed by atoms with Gasteiger partial charge in [0.15, 0.2) is 0 Å². The Kier molecular flexibility index (Phi) is 2.52. The van der Waals surface area contributed by atoms with Gasteiger partial charge in [0, 0.05) is 0 Å². The predicted molar refractivity (Wildman–Crippen MR) is 39.2 cm³/mol. The van der Waals surface area contributed by atoms with Gasteiger partial charge in [0.1, 0.15) is 4.78 Å². The number of hydrogen-bond donors (Lipinski definition) is 0. The molecule has 11 heavy (non-hydrogen) atoms. The lowest BCUT2D eigenvalue weighted by molar-refractivity contribution is -0.878. The molecule has 0 aromatic heterocycles. The average Bonchev–Trinajstić information content (AvgIpc) is 1.54. The molecule has 0 atom stereocenters. The van der Waals surface area contributed by atoms with Crippen LogP contribution in [0.3, 0.4) is 0 Å². The molecular formula is C3H9N3O4Si. The first-order valence-electron chi connectivity index (χ1n) is 2.85. The lowest BCUT2D eigenvalue weighted by atomic mass is 11.8. The maximum absolute atomic E-state index is 10.1. The Morgan fingerprint density at radius 2 is 1.36 bits per heavy atom. The van der Waals surface area contributed by atoms with Crippen molar-refractivity contribution < 1.29 is 10.1 Å². The zero-order chi connectivity index (χ0) is 9.23. The molecule has 7 nitrogen and oxygen atoms in total. The van der Waals surface area contributed by atoms with Gasteiger partial charge in [0.2, 0.25) is 10.1 Å². The summed E-state index contributed by atoms with van der Waals surface area (Å²) in [7, 11) is -2.48. The van der Waals surface area contributed by atoms with Crippen LogP contribution >= 0.6 is 0 Å². The van der Waals surface area contributed by atoms with Crippen LogP contribution in [-0.2, 0) is 0 Å². The van der Waals surface area contributed by atoms with Crippen molar-refractivity contribution in [2.45, 2.75) is 19.6 Å². The molecular weight excluding hydrogens is 170 g/mol. The molecule has 0 saturated heterocycles. The molecule has 0 rings (SSSR count). The molecule has 0 heterocycles. The second-order valence-electron chi connectivity index (χ2n) is 2.94. The summed E-state index contributed by atoms with van der Waals surface area (Å²) in [6, 6.07) is 0. The normalized spacial score (nSPS) is 10.8. The van der Waals surface area contributed by atoms with Crippen LogP contribution in [0, 0.1) is 20.2 Å². The van der Waals surface area contributed by atoms with E-state index in [-0.39, 0.29) is 4.78 Å². The number of hydrazine groups is 2. The summed E-state index contributed by atoms with van der Waals surface area (Å²) in [5, 5.41) is 18.3. The van der Waals surface area contributed by atoms with Gasteiger partial charge in [-0.2, -0.15) is 0 Å². The Hall–Kier alpha value is -1.18. The van der Waals surface area contributed by atoms with Crippen LogP contribution in [0.4, 0.5) is 0 Å². The van der Waals surface area contributed by atoms with Gasteiger partial charge < -0.3 is 0 Å².